The molecule has 4 heterocycles. The molecule has 0 saturated heterocycles. The molecule has 0 aliphatic heterocycles. The van der Waals surface area contributed by atoms with Gasteiger partial charge in [0.15, 0.2) is 5.58 Å². The van der Waals surface area contributed by atoms with Crippen molar-refractivity contribution in [1.29, 1.82) is 0 Å². The zero-order valence-corrected chi connectivity index (χ0v) is 15.0. The zero-order valence-electron chi connectivity index (χ0n) is 15.0. The van der Waals surface area contributed by atoms with E-state index < -0.39 is 6.04 Å². The highest BCUT2D eigenvalue weighted by Crippen LogP contribution is 2.21. The molecule has 0 aliphatic carbocycles. The molecule has 1 amide bonds. The Balaban J connectivity index is 1.69. The van der Waals surface area contributed by atoms with E-state index in [9.17, 15) is 9.59 Å². The van der Waals surface area contributed by atoms with Crippen LogP contribution in [0, 0.1) is 6.92 Å². The first-order valence-electron chi connectivity index (χ1n) is 8.76. The van der Waals surface area contributed by atoms with Crippen LogP contribution in [0.1, 0.15) is 30.9 Å². The fraction of sp³-hybridized carbons (Fsp3) is 0.263. The second-order valence-electron chi connectivity index (χ2n) is 6.29. The molecule has 1 unspecified atom stereocenters. The van der Waals surface area contributed by atoms with Gasteiger partial charge in [-0.2, -0.15) is 5.10 Å². The van der Waals surface area contributed by atoms with E-state index >= 15 is 0 Å². The van der Waals surface area contributed by atoms with Crippen LogP contribution in [0.5, 0.6) is 0 Å². The Morgan fingerprint density at radius 1 is 1.30 bits per heavy atom. The minimum absolute atomic E-state index is 0.267. The molecule has 1 atom stereocenters. The van der Waals surface area contributed by atoms with Gasteiger partial charge in [0.1, 0.15) is 17.4 Å². The average molecular weight is 365 g/mol. The lowest BCUT2D eigenvalue weighted by atomic mass is 10.2. The van der Waals surface area contributed by atoms with Crippen LogP contribution in [0.15, 0.2) is 52.0 Å². The van der Waals surface area contributed by atoms with Crippen molar-refractivity contribution in [2.24, 2.45) is 0 Å². The lowest BCUT2D eigenvalue weighted by molar-refractivity contribution is -0.125. The molecule has 0 fully saturated rings. The van der Waals surface area contributed by atoms with Gasteiger partial charge >= 0.3 is 0 Å². The summed E-state index contributed by atoms with van der Waals surface area (Å²) in [4.78, 5) is 29.9. The van der Waals surface area contributed by atoms with Gasteiger partial charge in [0, 0.05) is 18.3 Å². The highest BCUT2D eigenvalue weighted by atomic mass is 16.3. The number of aromatic nitrogens is 4. The molecule has 0 aromatic carbocycles. The number of nitrogens with zero attached hydrogens (tertiary/aromatic N) is 4. The maximum Gasteiger partial charge on any atom is 0.291 e. The summed E-state index contributed by atoms with van der Waals surface area (Å²) < 4.78 is 8.40. The van der Waals surface area contributed by atoms with Crippen molar-refractivity contribution in [3.63, 3.8) is 0 Å². The maximum absolute atomic E-state index is 13.0. The van der Waals surface area contributed by atoms with Gasteiger partial charge in [-0.3, -0.25) is 19.0 Å². The van der Waals surface area contributed by atoms with E-state index in [2.05, 4.69) is 15.4 Å². The molecule has 0 aliphatic rings. The summed E-state index contributed by atoms with van der Waals surface area (Å²) in [6, 6.07) is 8.27. The lowest BCUT2D eigenvalue weighted by Gasteiger charge is -2.17. The third-order valence-corrected chi connectivity index (χ3v) is 4.58. The highest BCUT2D eigenvalue weighted by molar-refractivity contribution is 5.83. The summed E-state index contributed by atoms with van der Waals surface area (Å²) in [6.45, 7) is 3.95. The predicted molar refractivity (Wildman–Crippen MR) is 99.4 cm³/mol. The molecule has 8 nitrogen and oxygen atoms in total. The summed E-state index contributed by atoms with van der Waals surface area (Å²) in [6.07, 6.45) is 3.68. The number of nitrogens with one attached hydrogen (secondary N) is 1. The van der Waals surface area contributed by atoms with Crippen molar-refractivity contribution in [3.05, 3.63) is 64.7 Å². The Hall–Kier alpha value is -3.42. The van der Waals surface area contributed by atoms with Gasteiger partial charge in [0.25, 0.3) is 5.56 Å². The molecule has 0 saturated carbocycles. The van der Waals surface area contributed by atoms with E-state index in [-0.39, 0.29) is 11.5 Å². The predicted octanol–water partition coefficient (Wildman–Crippen LogP) is 2.21. The summed E-state index contributed by atoms with van der Waals surface area (Å²) in [7, 11) is 0. The normalized spacial score (nSPS) is 12.5. The standard InChI is InChI=1S/C19H19N5O3/c1-3-14(18(25)21-11-13-6-4-5-8-20-13)24-19(26)16-10-17-15(7-9-27-17)23(16)12(2)22-24/h4-10,14H,3,11H2,1-2H3,(H,21,25). The lowest BCUT2D eigenvalue weighted by Crippen LogP contribution is -2.39. The van der Waals surface area contributed by atoms with Crippen LogP contribution in [0.4, 0.5) is 0 Å². The fourth-order valence-corrected chi connectivity index (χ4v) is 3.27. The van der Waals surface area contributed by atoms with Gasteiger partial charge < -0.3 is 9.73 Å². The molecule has 1 N–H and O–H groups in total. The van der Waals surface area contributed by atoms with Gasteiger partial charge in [-0.25, -0.2) is 4.68 Å². The Kier molecular flexibility index (Phi) is 4.23. The first kappa shape index (κ1) is 17.0. The number of hydrogen-bond acceptors (Lipinski definition) is 5. The van der Waals surface area contributed by atoms with Crippen molar-refractivity contribution in [1.82, 2.24) is 24.5 Å². The molecule has 8 heteroatoms. The van der Waals surface area contributed by atoms with Crippen molar-refractivity contribution in [2.75, 3.05) is 0 Å². The molecule has 4 aromatic heterocycles. The minimum atomic E-state index is -0.703. The molecular weight excluding hydrogens is 346 g/mol. The van der Waals surface area contributed by atoms with Crippen molar-refractivity contribution in [3.8, 4) is 0 Å². The van der Waals surface area contributed by atoms with E-state index in [1.807, 2.05) is 25.1 Å². The smallest absolute Gasteiger partial charge is 0.291 e. The Morgan fingerprint density at radius 3 is 2.89 bits per heavy atom. The number of amides is 1. The minimum Gasteiger partial charge on any atom is -0.463 e. The van der Waals surface area contributed by atoms with Gasteiger partial charge in [0.05, 0.1) is 24.0 Å². The van der Waals surface area contributed by atoms with Crippen LogP contribution >= 0.6 is 0 Å². The van der Waals surface area contributed by atoms with Gasteiger partial charge in [-0.1, -0.05) is 13.0 Å². The molecule has 0 bridgehead atoms. The van der Waals surface area contributed by atoms with E-state index in [4.69, 9.17) is 4.42 Å². The second-order valence-corrected chi connectivity index (χ2v) is 6.29. The van der Waals surface area contributed by atoms with Crippen LogP contribution in [0.2, 0.25) is 0 Å². The SMILES string of the molecule is CCC(C(=O)NCc1ccccn1)n1nc(C)n2c(cc3occc32)c1=O. The van der Waals surface area contributed by atoms with Gasteiger partial charge in [-0.05, 0) is 25.5 Å². The number of rotatable bonds is 5. The molecule has 0 radical (unpaired) electrons. The van der Waals surface area contributed by atoms with E-state index in [1.54, 1.807) is 35.9 Å². The molecule has 138 valence electrons. The van der Waals surface area contributed by atoms with Crippen LogP contribution in [-0.4, -0.2) is 25.1 Å². The van der Waals surface area contributed by atoms with E-state index in [0.29, 0.717) is 29.9 Å². The maximum atomic E-state index is 13.0. The summed E-state index contributed by atoms with van der Waals surface area (Å²) >= 11 is 0. The van der Waals surface area contributed by atoms with Crippen molar-refractivity contribution in [2.45, 2.75) is 32.9 Å². The topological polar surface area (TPSA) is 94.4 Å². The van der Waals surface area contributed by atoms with Gasteiger partial charge in [-0.15, -0.1) is 0 Å². The molecule has 4 rings (SSSR count). The summed E-state index contributed by atoms with van der Waals surface area (Å²) in [5, 5.41) is 7.24. The highest BCUT2D eigenvalue weighted by Gasteiger charge is 2.23. The molecule has 0 spiro atoms. The van der Waals surface area contributed by atoms with E-state index in [1.165, 1.54) is 4.68 Å². The largest absolute Gasteiger partial charge is 0.463 e. The molecular formula is C19H19N5O3. The van der Waals surface area contributed by atoms with Crippen LogP contribution in [0.3, 0.4) is 0 Å². The number of hydrogen-bond donors (Lipinski definition) is 1. The van der Waals surface area contributed by atoms with Crippen LogP contribution < -0.4 is 10.9 Å². The fourth-order valence-electron chi connectivity index (χ4n) is 3.27. The van der Waals surface area contributed by atoms with Gasteiger partial charge in [0.2, 0.25) is 5.91 Å². The number of fused-ring (bicyclic) bond motifs is 3. The van der Waals surface area contributed by atoms with E-state index in [0.717, 1.165) is 11.2 Å². The van der Waals surface area contributed by atoms with Crippen LogP contribution in [0.25, 0.3) is 16.6 Å². The van der Waals surface area contributed by atoms with Crippen molar-refractivity contribution < 1.29 is 9.21 Å². The first-order chi connectivity index (χ1) is 13.1. The average Bonchev–Trinajstić information content (AvgIpc) is 3.26. The zero-order chi connectivity index (χ0) is 19.0. The third-order valence-electron chi connectivity index (χ3n) is 4.58. The second kappa shape index (κ2) is 6.71. The number of furan rings is 1. The van der Waals surface area contributed by atoms with Crippen LogP contribution in [-0.2, 0) is 11.3 Å². The molecule has 4 aromatic rings. The number of aryl methyl sites for hydroxylation is 1. The number of carbonyl (C=O) groups excluding carboxylic acids is 1. The number of pyridine rings is 1. The quantitative estimate of drug-likeness (QED) is 0.585. The Labute approximate surface area is 154 Å². The van der Waals surface area contributed by atoms with Crippen molar-refractivity contribution >= 4 is 22.5 Å². The number of carbonyl (C=O) groups is 1. The monoisotopic (exact) mass is 365 g/mol. The Bertz CT molecular complexity index is 1170. The summed E-state index contributed by atoms with van der Waals surface area (Å²) in [5.41, 5.74) is 2.26. The summed E-state index contributed by atoms with van der Waals surface area (Å²) in [5.74, 6) is 0.341. The third kappa shape index (κ3) is 2.88. The molecule has 27 heavy (non-hydrogen) atoms. The first-order valence-corrected chi connectivity index (χ1v) is 8.76. The Morgan fingerprint density at radius 2 is 2.15 bits per heavy atom.